The van der Waals surface area contributed by atoms with Gasteiger partial charge in [0.2, 0.25) is 0 Å². The molecule has 0 saturated carbocycles. The number of carbonyl (C=O) groups excluding carboxylic acids is 1. The van der Waals surface area contributed by atoms with Crippen molar-refractivity contribution in [3.8, 4) is 5.75 Å². The molecule has 1 aliphatic rings. The lowest BCUT2D eigenvalue weighted by Gasteiger charge is -2.28. The van der Waals surface area contributed by atoms with Crippen molar-refractivity contribution >= 4 is 17.5 Å². The number of alkyl halides is 3. The van der Waals surface area contributed by atoms with Crippen LogP contribution in [0, 0.1) is 0 Å². The molecule has 3 N–H and O–H groups in total. The van der Waals surface area contributed by atoms with E-state index in [1.165, 1.54) is 12.1 Å². The Morgan fingerprint density at radius 1 is 1.26 bits per heavy atom. The summed E-state index contributed by atoms with van der Waals surface area (Å²) in [5, 5.41) is 14.9. The number of ether oxygens (including phenoxy) is 2. The first kappa shape index (κ1) is 22.6. The van der Waals surface area contributed by atoms with Crippen LogP contribution in [0.15, 0.2) is 42.6 Å². The van der Waals surface area contributed by atoms with Crippen molar-refractivity contribution in [2.75, 3.05) is 49.7 Å². The SMILES string of the molecule is O=C(NC[C@H](O)COc1cccc(C(F)(F)F)c1)Nc1ccc(N2CCOCC2)cn1. The third-order valence-corrected chi connectivity index (χ3v) is 4.47. The maximum absolute atomic E-state index is 12.7. The van der Waals surface area contributed by atoms with Crippen molar-refractivity contribution in [2.45, 2.75) is 12.3 Å². The fraction of sp³-hybridized carbons (Fsp3) is 0.400. The van der Waals surface area contributed by atoms with E-state index in [0.29, 0.717) is 19.0 Å². The van der Waals surface area contributed by atoms with Crippen molar-refractivity contribution in [1.29, 1.82) is 0 Å². The summed E-state index contributed by atoms with van der Waals surface area (Å²) in [7, 11) is 0. The number of nitrogens with zero attached hydrogens (tertiary/aromatic N) is 2. The number of rotatable bonds is 7. The Hall–Kier alpha value is -3.05. The predicted octanol–water partition coefficient (Wildman–Crippen LogP) is 2.50. The van der Waals surface area contributed by atoms with E-state index in [1.807, 2.05) is 6.07 Å². The van der Waals surface area contributed by atoms with Gasteiger partial charge in [-0.15, -0.1) is 0 Å². The van der Waals surface area contributed by atoms with E-state index in [4.69, 9.17) is 9.47 Å². The number of benzene rings is 1. The summed E-state index contributed by atoms with van der Waals surface area (Å²) >= 11 is 0. The largest absolute Gasteiger partial charge is 0.491 e. The average Bonchev–Trinajstić information content (AvgIpc) is 2.77. The number of amides is 2. The molecule has 2 aromatic rings. The number of urea groups is 1. The fourth-order valence-corrected chi connectivity index (χ4v) is 2.85. The summed E-state index contributed by atoms with van der Waals surface area (Å²) < 4.78 is 48.6. The minimum atomic E-state index is -4.48. The zero-order valence-electron chi connectivity index (χ0n) is 16.6. The maximum Gasteiger partial charge on any atom is 0.416 e. The molecule has 31 heavy (non-hydrogen) atoms. The molecule has 1 aliphatic heterocycles. The number of hydrogen-bond donors (Lipinski definition) is 3. The summed E-state index contributed by atoms with van der Waals surface area (Å²) in [6, 6.07) is 7.27. The average molecular weight is 440 g/mol. The number of morpholine rings is 1. The van der Waals surface area contributed by atoms with Crippen LogP contribution < -0.4 is 20.3 Å². The van der Waals surface area contributed by atoms with E-state index in [9.17, 15) is 23.1 Å². The van der Waals surface area contributed by atoms with Crippen LogP contribution in [-0.4, -0.2) is 61.7 Å². The second-order valence-corrected chi connectivity index (χ2v) is 6.83. The Bertz CT molecular complexity index is 858. The van der Waals surface area contributed by atoms with Gasteiger partial charge in [0.25, 0.3) is 0 Å². The molecule has 0 bridgehead atoms. The number of pyridine rings is 1. The molecule has 1 saturated heterocycles. The lowest BCUT2D eigenvalue weighted by Crippen LogP contribution is -2.38. The molecule has 2 heterocycles. The number of aromatic nitrogens is 1. The smallest absolute Gasteiger partial charge is 0.416 e. The van der Waals surface area contributed by atoms with E-state index < -0.39 is 23.9 Å². The Morgan fingerprint density at radius 2 is 2.03 bits per heavy atom. The monoisotopic (exact) mass is 440 g/mol. The third kappa shape index (κ3) is 7.00. The lowest BCUT2D eigenvalue weighted by atomic mass is 10.2. The van der Waals surface area contributed by atoms with Crippen LogP contribution in [0.2, 0.25) is 0 Å². The van der Waals surface area contributed by atoms with Crippen molar-refractivity contribution in [3.63, 3.8) is 0 Å². The zero-order chi connectivity index (χ0) is 22.3. The van der Waals surface area contributed by atoms with Gasteiger partial charge in [-0.1, -0.05) is 6.07 Å². The summed E-state index contributed by atoms with van der Waals surface area (Å²) in [4.78, 5) is 18.3. The molecule has 1 aromatic carbocycles. The standard InChI is InChI=1S/C20H23F3N4O4/c21-20(22,23)14-2-1-3-17(10-14)31-13-16(28)12-25-19(29)26-18-5-4-15(11-24-18)27-6-8-30-9-7-27/h1-5,10-11,16,28H,6-9,12-13H2,(H2,24,25,26,29)/t16-/m0/s1. The number of aliphatic hydroxyl groups is 1. The highest BCUT2D eigenvalue weighted by Gasteiger charge is 2.30. The fourth-order valence-electron chi connectivity index (χ4n) is 2.85. The Morgan fingerprint density at radius 3 is 2.71 bits per heavy atom. The lowest BCUT2D eigenvalue weighted by molar-refractivity contribution is -0.137. The molecule has 8 nitrogen and oxygen atoms in total. The second-order valence-electron chi connectivity index (χ2n) is 6.83. The molecule has 1 aromatic heterocycles. The molecule has 1 atom stereocenters. The highest BCUT2D eigenvalue weighted by atomic mass is 19.4. The quantitative estimate of drug-likeness (QED) is 0.612. The number of hydrogen-bond acceptors (Lipinski definition) is 6. The second kappa shape index (κ2) is 10.3. The molecule has 1 fully saturated rings. The molecular formula is C20H23F3N4O4. The molecule has 0 radical (unpaired) electrons. The minimum absolute atomic E-state index is 0.0251. The van der Waals surface area contributed by atoms with Gasteiger partial charge >= 0.3 is 12.2 Å². The van der Waals surface area contributed by atoms with Crippen LogP contribution in [0.5, 0.6) is 5.75 Å². The van der Waals surface area contributed by atoms with E-state index in [-0.39, 0.29) is 18.9 Å². The summed E-state index contributed by atoms with van der Waals surface area (Å²) in [5.41, 5.74) is 0.0838. The Balaban J connectivity index is 1.40. The first-order valence-electron chi connectivity index (χ1n) is 9.63. The van der Waals surface area contributed by atoms with Crippen LogP contribution >= 0.6 is 0 Å². The minimum Gasteiger partial charge on any atom is -0.491 e. The molecule has 3 rings (SSSR count). The Labute approximate surface area is 177 Å². The maximum atomic E-state index is 12.7. The van der Waals surface area contributed by atoms with E-state index in [0.717, 1.165) is 30.9 Å². The molecule has 168 valence electrons. The number of anilines is 2. The van der Waals surface area contributed by atoms with Gasteiger partial charge < -0.3 is 24.8 Å². The molecule has 11 heteroatoms. The third-order valence-electron chi connectivity index (χ3n) is 4.47. The number of aliphatic hydroxyl groups excluding tert-OH is 1. The van der Waals surface area contributed by atoms with Gasteiger partial charge in [-0.25, -0.2) is 9.78 Å². The number of nitrogens with one attached hydrogen (secondary N) is 2. The van der Waals surface area contributed by atoms with Gasteiger partial charge in [-0.2, -0.15) is 13.2 Å². The highest BCUT2D eigenvalue weighted by molar-refractivity contribution is 5.88. The van der Waals surface area contributed by atoms with Crippen LogP contribution in [0.1, 0.15) is 5.56 Å². The van der Waals surface area contributed by atoms with Gasteiger partial charge in [0.1, 0.15) is 24.3 Å². The van der Waals surface area contributed by atoms with Gasteiger partial charge in [0.05, 0.1) is 30.7 Å². The van der Waals surface area contributed by atoms with E-state index in [2.05, 4.69) is 20.5 Å². The molecule has 0 spiro atoms. The van der Waals surface area contributed by atoms with Crippen molar-refractivity contribution in [2.24, 2.45) is 0 Å². The van der Waals surface area contributed by atoms with Gasteiger partial charge in [0.15, 0.2) is 0 Å². The summed E-state index contributed by atoms with van der Waals surface area (Å²) in [6.07, 6.45) is -3.94. The van der Waals surface area contributed by atoms with Gasteiger partial charge in [0, 0.05) is 19.6 Å². The van der Waals surface area contributed by atoms with Crippen molar-refractivity contribution in [1.82, 2.24) is 10.3 Å². The van der Waals surface area contributed by atoms with Gasteiger partial charge in [-0.05, 0) is 30.3 Å². The van der Waals surface area contributed by atoms with Crippen LogP contribution in [0.3, 0.4) is 0 Å². The first-order valence-corrected chi connectivity index (χ1v) is 9.63. The molecule has 2 amide bonds. The predicted molar refractivity (Wildman–Crippen MR) is 107 cm³/mol. The topological polar surface area (TPSA) is 96.0 Å². The van der Waals surface area contributed by atoms with E-state index >= 15 is 0 Å². The zero-order valence-corrected chi connectivity index (χ0v) is 16.6. The van der Waals surface area contributed by atoms with Crippen molar-refractivity contribution in [3.05, 3.63) is 48.2 Å². The molecule has 0 unspecified atom stereocenters. The Kier molecular flexibility index (Phi) is 7.53. The molecule has 0 aliphatic carbocycles. The van der Waals surface area contributed by atoms with Gasteiger partial charge in [-0.3, -0.25) is 5.32 Å². The summed E-state index contributed by atoms with van der Waals surface area (Å²) in [5.74, 6) is 0.312. The van der Waals surface area contributed by atoms with Crippen LogP contribution in [0.25, 0.3) is 0 Å². The molecular weight excluding hydrogens is 417 g/mol. The number of halogens is 3. The normalized spacial score (nSPS) is 15.3. The van der Waals surface area contributed by atoms with E-state index in [1.54, 1.807) is 12.3 Å². The van der Waals surface area contributed by atoms with Crippen LogP contribution in [0.4, 0.5) is 29.5 Å². The number of carbonyl (C=O) groups is 1. The van der Waals surface area contributed by atoms with Crippen molar-refractivity contribution < 1.29 is 32.5 Å². The first-order chi connectivity index (χ1) is 14.8. The van der Waals surface area contributed by atoms with Crippen LogP contribution in [-0.2, 0) is 10.9 Å². The highest BCUT2D eigenvalue weighted by Crippen LogP contribution is 2.31. The summed E-state index contributed by atoms with van der Waals surface area (Å²) in [6.45, 7) is 2.42.